The van der Waals surface area contributed by atoms with E-state index in [1.165, 1.54) is 22.7 Å². The highest BCUT2D eigenvalue weighted by molar-refractivity contribution is 7.21. The van der Waals surface area contributed by atoms with E-state index in [0.29, 0.717) is 15.7 Å². The van der Waals surface area contributed by atoms with Crippen molar-refractivity contribution < 1.29 is 4.79 Å². The highest BCUT2D eigenvalue weighted by Crippen LogP contribution is 2.35. The van der Waals surface area contributed by atoms with Gasteiger partial charge in [-0.25, -0.2) is 9.97 Å². The summed E-state index contributed by atoms with van der Waals surface area (Å²) in [5, 5.41) is 6.18. The number of hydrogen-bond donors (Lipinski definition) is 2. The number of carbonyl (C=O) groups excluding carboxylic acids is 1. The lowest BCUT2D eigenvalue weighted by atomic mass is 10.1. The van der Waals surface area contributed by atoms with Gasteiger partial charge in [0.1, 0.15) is 9.71 Å². The predicted octanol–water partition coefficient (Wildman–Crippen LogP) is 4.87. The van der Waals surface area contributed by atoms with Crippen LogP contribution < -0.4 is 11.1 Å². The fourth-order valence-corrected chi connectivity index (χ4v) is 4.69. The third-order valence-corrected chi connectivity index (χ3v) is 5.88. The second kappa shape index (κ2) is 6.51. The third kappa shape index (κ3) is 2.95. The van der Waals surface area contributed by atoms with Gasteiger partial charge in [-0.15, -0.1) is 22.7 Å². The molecule has 26 heavy (non-hydrogen) atoms. The molecule has 0 aliphatic rings. The van der Waals surface area contributed by atoms with Crippen LogP contribution in [0.3, 0.4) is 0 Å². The topological polar surface area (TPSA) is 80.9 Å². The van der Waals surface area contributed by atoms with Gasteiger partial charge in [0.05, 0.1) is 11.4 Å². The fraction of sp³-hybridized carbons (Fsp3) is 0.105. The van der Waals surface area contributed by atoms with E-state index in [4.69, 9.17) is 5.73 Å². The number of amides is 1. The number of aryl methyl sites for hydroxylation is 2. The molecule has 4 rings (SSSR count). The van der Waals surface area contributed by atoms with Crippen LogP contribution >= 0.6 is 22.7 Å². The molecule has 0 unspecified atom stereocenters. The van der Waals surface area contributed by atoms with Gasteiger partial charge in [-0.3, -0.25) is 10.1 Å². The highest BCUT2D eigenvalue weighted by Gasteiger charge is 2.20. The Bertz CT molecular complexity index is 1120. The van der Waals surface area contributed by atoms with E-state index in [2.05, 4.69) is 15.3 Å². The molecule has 0 aliphatic carbocycles. The molecule has 0 fully saturated rings. The molecular formula is C19H16N4OS2. The summed E-state index contributed by atoms with van der Waals surface area (Å²) >= 11 is 2.70. The molecule has 0 saturated heterocycles. The van der Waals surface area contributed by atoms with Crippen molar-refractivity contribution in [3.63, 3.8) is 0 Å². The van der Waals surface area contributed by atoms with Gasteiger partial charge in [-0.1, -0.05) is 30.3 Å². The summed E-state index contributed by atoms with van der Waals surface area (Å²) in [7, 11) is 0. The van der Waals surface area contributed by atoms with Crippen molar-refractivity contribution in [3.8, 4) is 11.3 Å². The Morgan fingerprint density at radius 3 is 2.69 bits per heavy atom. The van der Waals surface area contributed by atoms with E-state index in [1.54, 1.807) is 0 Å². The van der Waals surface area contributed by atoms with Crippen molar-refractivity contribution in [2.75, 3.05) is 11.1 Å². The SMILES string of the molecule is Cc1cc(C)c2c(N)c(C(=O)Nc3nc(-c4ccccc4)cs3)sc2n1. The molecule has 0 atom stereocenters. The van der Waals surface area contributed by atoms with Crippen LogP contribution in [-0.4, -0.2) is 15.9 Å². The number of pyridine rings is 1. The minimum Gasteiger partial charge on any atom is -0.397 e. The van der Waals surface area contributed by atoms with E-state index >= 15 is 0 Å². The number of nitrogens with zero attached hydrogens (tertiary/aromatic N) is 2. The van der Waals surface area contributed by atoms with Gasteiger partial charge in [-0.05, 0) is 25.5 Å². The normalized spacial score (nSPS) is 11.0. The molecule has 0 bridgehead atoms. The predicted molar refractivity (Wildman–Crippen MR) is 109 cm³/mol. The molecule has 130 valence electrons. The average molecular weight is 380 g/mol. The minimum absolute atomic E-state index is 0.253. The number of aromatic nitrogens is 2. The molecule has 0 saturated carbocycles. The highest BCUT2D eigenvalue weighted by atomic mass is 32.1. The maximum absolute atomic E-state index is 12.7. The van der Waals surface area contributed by atoms with Crippen LogP contribution in [0.4, 0.5) is 10.8 Å². The van der Waals surface area contributed by atoms with E-state index in [-0.39, 0.29) is 5.91 Å². The van der Waals surface area contributed by atoms with Gasteiger partial charge in [0.25, 0.3) is 5.91 Å². The Labute approximate surface area is 158 Å². The second-order valence-corrected chi connectivity index (χ2v) is 7.82. The molecule has 1 amide bonds. The van der Waals surface area contributed by atoms with Crippen molar-refractivity contribution in [3.05, 3.63) is 57.9 Å². The Hall–Kier alpha value is -2.77. The Balaban J connectivity index is 1.63. The summed E-state index contributed by atoms with van der Waals surface area (Å²) in [4.78, 5) is 23.0. The standard InChI is InChI=1S/C19H16N4OS2/c1-10-8-11(2)21-18-14(10)15(20)16(26-18)17(24)23-19-22-13(9-25-19)12-6-4-3-5-7-12/h3-9H,20H2,1-2H3,(H,22,23,24). The monoisotopic (exact) mass is 380 g/mol. The number of thiophene rings is 1. The summed E-state index contributed by atoms with van der Waals surface area (Å²) in [6.07, 6.45) is 0. The van der Waals surface area contributed by atoms with E-state index in [1.807, 2.05) is 55.6 Å². The molecule has 0 radical (unpaired) electrons. The lowest BCUT2D eigenvalue weighted by molar-refractivity contribution is 0.103. The van der Waals surface area contributed by atoms with E-state index in [0.717, 1.165) is 32.7 Å². The summed E-state index contributed by atoms with van der Waals surface area (Å²) in [5.74, 6) is -0.253. The second-order valence-electron chi connectivity index (χ2n) is 5.96. The van der Waals surface area contributed by atoms with Gasteiger partial charge in [0.15, 0.2) is 5.13 Å². The number of nitrogens with two attached hydrogens (primary N) is 1. The first-order chi connectivity index (χ1) is 12.5. The van der Waals surface area contributed by atoms with Crippen LogP contribution in [-0.2, 0) is 0 Å². The number of hydrogen-bond acceptors (Lipinski definition) is 6. The zero-order valence-corrected chi connectivity index (χ0v) is 15.9. The van der Waals surface area contributed by atoms with Crippen LogP contribution in [0.1, 0.15) is 20.9 Å². The molecule has 3 aromatic heterocycles. The molecule has 0 aliphatic heterocycles. The van der Waals surface area contributed by atoms with Crippen molar-refractivity contribution in [2.24, 2.45) is 0 Å². The summed E-state index contributed by atoms with van der Waals surface area (Å²) in [6, 6.07) is 11.8. The van der Waals surface area contributed by atoms with Crippen LogP contribution in [0, 0.1) is 13.8 Å². The number of carbonyl (C=O) groups is 1. The first-order valence-electron chi connectivity index (χ1n) is 8.01. The molecular weight excluding hydrogens is 364 g/mol. The van der Waals surface area contributed by atoms with Crippen LogP contribution in [0.15, 0.2) is 41.8 Å². The number of fused-ring (bicyclic) bond motifs is 1. The summed E-state index contributed by atoms with van der Waals surface area (Å²) in [6.45, 7) is 3.91. The smallest absolute Gasteiger partial charge is 0.269 e. The number of anilines is 2. The van der Waals surface area contributed by atoms with E-state index < -0.39 is 0 Å². The fourth-order valence-electron chi connectivity index (χ4n) is 2.86. The number of nitrogens with one attached hydrogen (secondary N) is 1. The van der Waals surface area contributed by atoms with Gasteiger partial charge in [0, 0.05) is 22.0 Å². The van der Waals surface area contributed by atoms with Gasteiger partial charge in [-0.2, -0.15) is 0 Å². The van der Waals surface area contributed by atoms with Crippen LogP contribution in [0.5, 0.6) is 0 Å². The largest absolute Gasteiger partial charge is 0.397 e. The number of benzene rings is 1. The summed E-state index contributed by atoms with van der Waals surface area (Å²) < 4.78 is 0. The minimum atomic E-state index is -0.253. The maximum atomic E-state index is 12.7. The van der Waals surface area contributed by atoms with Crippen molar-refractivity contribution in [2.45, 2.75) is 13.8 Å². The van der Waals surface area contributed by atoms with Gasteiger partial charge >= 0.3 is 0 Å². The Morgan fingerprint density at radius 1 is 1.15 bits per heavy atom. The Morgan fingerprint density at radius 2 is 1.92 bits per heavy atom. The van der Waals surface area contributed by atoms with Crippen molar-refractivity contribution in [1.82, 2.24) is 9.97 Å². The quantitative estimate of drug-likeness (QED) is 0.531. The van der Waals surface area contributed by atoms with Crippen molar-refractivity contribution in [1.29, 1.82) is 0 Å². The van der Waals surface area contributed by atoms with E-state index in [9.17, 15) is 4.79 Å². The number of nitrogen functional groups attached to an aromatic ring is 1. The number of thiazole rings is 1. The Kier molecular flexibility index (Phi) is 4.18. The first kappa shape index (κ1) is 16.7. The molecule has 0 spiro atoms. The molecule has 3 N–H and O–H groups in total. The summed E-state index contributed by atoms with van der Waals surface area (Å²) in [5.41, 5.74) is 10.5. The zero-order valence-electron chi connectivity index (χ0n) is 14.2. The van der Waals surface area contributed by atoms with Crippen LogP contribution in [0.2, 0.25) is 0 Å². The maximum Gasteiger partial charge on any atom is 0.269 e. The molecule has 4 aromatic rings. The van der Waals surface area contributed by atoms with Gasteiger partial charge in [0.2, 0.25) is 0 Å². The average Bonchev–Trinajstić information content (AvgIpc) is 3.20. The lowest BCUT2D eigenvalue weighted by Gasteiger charge is -2.01. The molecule has 5 nitrogen and oxygen atoms in total. The van der Waals surface area contributed by atoms with Gasteiger partial charge < -0.3 is 5.73 Å². The van der Waals surface area contributed by atoms with Crippen LogP contribution in [0.25, 0.3) is 21.5 Å². The third-order valence-electron chi connectivity index (χ3n) is 4.02. The van der Waals surface area contributed by atoms with Crippen molar-refractivity contribution >= 4 is 49.6 Å². The zero-order chi connectivity index (χ0) is 18.3. The molecule has 1 aromatic carbocycles. The molecule has 7 heteroatoms. The lowest BCUT2D eigenvalue weighted by Crippen LogP contribution is -2.11. The molecule has 3 heterocycles. The first-order valence-corrected chi connectivity index (χ1v) is 9.71. The number of rotatable bonds is 3.